The largest absolute Gasteiger partial charge is 0.497 e. The van der Waals surface area contributed by atoms with Gasteiger partial charge in [-0.25, -0.2) is 0 Å². The molecular weight excluding hydrogens is 214 g/mol. The van der Waals surface area contributed by atoms with Crippen LogP contribution < -0.4 is 9.64 Å². The number of carbonyl (C=O) groups is 1. The number of carbonyl (C=O) groups excluding carboxylic acids is 1. The van der Waals surface area contributed by atoms with E-state index < -0.39 is 0 Å². The number of ketones is 1. The van der Waals surface area contributed by atoms with E-state index in [-0.39, 0.29) is 0 Å². The molecule has 0 bridgehead atoms. The van der Waals surface area contributed by atoms with Gasteiger partial charge in [-0.15, -0.1) is 0 Å². The van der Waals surface area contributed by atoms with Crippen molar-refractivity contribution in [3.8, 4) is 5.75 Å². The molecule has 1 aliphatic rings. The summed E-state index contributed by atoms with van der Waals surface area (Å²) < 4.78 is 5.23. The summed E-state index contributed by atoms with van der Waals surface area (Å²) in [5.41, 5.74) is 1.16. The van der Waals surface area contributed by atoms with Crippen LogP contribution in [0.4, 0.5) is 5.69 Å². The van der Waals surface area contributed by atoms with Crippen LogP contribution in [-0.4, -0.2) is 26.0 Å². The van der Waals surface area contributed by atoms with Gasteiger partial charge in [0, 0.05) is 37.7 Å². The van der Waals surface area contributed by atoms with Gasteiger partial charge in [-0.05, 0) is 25.0 Å². The smallest absolute Gasteiger partial charge is 0.133 e. The Hall–Kier alpha value is -1.51. The maximum atomic E-state index is 11.2. The van der Waals surface area contributed by atoms with Crippen molar-refractivity contribution in [3.63, 3.8) is 0 Å². The Balaban J connectivity index is 2.07. The number of anilines is 1. The molecule has 3 heteroatoms. The third-order valence-electron chi connectivity index (χ3n) is 3.52. The molecule has 1 aromatic rings. The summed E-state index contributed by atoms with van der Waals surface area (Å²) in [5, 5.41) is 0. The Kier molecular flexibility index (Phi) is 3.67. The van der Waals surface area contributed by atoms with Crippen molar-refractivity contribution in [2.75, 3.05) is 19.1 Å². The molecule has 17 heavy (non-hydrogen) atoms. The second-order valence-corrected chi connectivity index (χ2v) is 4.58. The average molecular weight is 233 g/mol. The van der Waals surface area contributed by atoms with Crippen LogP contribution in [0.15, 0.2) is 24.3 Å². The minimum Gasteiger partial charge on any atom is -0.497 e. The van der Waals surface area contributed by atoms with Gasteiger partial charge >= 0.3 is 0 Å². The van der Waals surface area contributed by atoms with Gasteiger partial charge in [0.15, 0.2) is 0 Å². The SMILES string of the molecule is COc1cccc(N(C)C2CCC(=O)CC2)c1. The summed E-state index contributed by atoms with van der Waals surface area (Å²) in [4.78, 5) is 13.5. The van der Waals surface area contributed by atoms with Crippen molar-refractivity contribution in [2.24, 2.45) is 0 Å². The van der Waals surface area contributed by atoms with Crippen molar-refractivity contribution in [1.29, 1.82) is 0 Å². The lowest BCUT2D eigenvalue weighted by atomic mass is 9.93. The fourth-order valence-electron chi connectivity index (χ4n) is 2.35. The average Bonchev–Trinajstić information content (AvgIpc) is 2.39. The lowest BCUT2D eigenvalue weighted by Crippen LogP contribution is -2.35. The monoisotopic (exact) mass is 233 g/mol. The van der Waals surface area contributed by atoms with Crippen LogP contribution in [0.1, 0.15) is 25.7 Å². The minimum absolute atomic E-state index is 0.403. The third kappa shape index (κ3) is 2.78. The van der Waals surface area contributed by atoms with Crippen molar-refractivity contribution in [1.82, 2.24) is 0 Å². The molecule has 0 atom stereocenters. The highest BCUT2D eigenvalue weighted by atomic mass is 16.5. The quantitative estimate of drug-likeness (QED) is 0.803. The molecule has 0 aliphatic heterocycles. The van der Waals surface area contributed by atoms with E-state index in [0.717, 1.165) is 37.1 Å². The number of hydrogen-bond acceptors (Lipinski definition) is 3. The van der Waals surface area contributed by atoms with Crippen molar-refractivity contribution in [2.45, 2.75) is 31.7 Å². The molecular formula is C14H19NO2. The number of methoxy groups -OCH3 is 1. The molecule has 0 amide bonds. The molecule has 0 saturated heterocycles. The molecule has 0 spiro atoms. The highest BCUT2D eigenvalue weighted by molar-refractivity contribution is 5.79. The molecule has 0 aromatic heterocycles. The van der Waals surface area contributed by atoms with Gasteiger partial charge in [0.05, 0.1) is 7.11 Å². The summed E-state index contributed by atoms with van der Waals surface area (Å²) in [6.45, 7) is 0. The minimum atomic E-state index is 0.403. The first-order valence-electron chi connectivity index (χ1n) is 6.09. The number of rotatable bonds is 3. The van der Waals surface area contributed by atoms with E-state index >= 15 is 0 Å². The molecule has 1 fully saturated rings. The Labute approximate surface area is 102 Å². The Morgan fingerprint density at radius 3 is 2.65 bits per heavy atom. The highest BCUT2D eigenvalue weighted by Gasteiger charge is 2.22. The number of nitrogens with zero attached hydrogens (tertiary/aromatic N) is 1. The van der Waals surface area contributed by atoms with Gasteiger partial charge in [0.2, 0.25) is 0 Å². The zero-order chi connectivity index (χ0) is 12.3. The normalized spacial score (nSPS) is 16.9. The van der Waals surface area contributed by atoms with Crippen LogP contribution in [0.2, 0.25) is 0 Å². The molecule has 0 unspecified atom stereocenters. The van der Waals surface area contributed by atoms with Crippen LogP contribution in [0.3, 0.4) is 0 Å². The van der Waals surface area contributed by atoms with Crippen molar-refractivity contribution >= 4 is 11.5 Å². The predicted molar refractivity (Wildman–Crippen MR) is 68.7 cm³/mol. The highest BCUT2D eigenvalue weighted by Crippen LogP contribution is 2.26. The first-order chi connectivity index (χ1) is 8.20. The summed E-state index contributed by atoms with van der Waals surface area (Å²) in [6, 6.07) is 8.54. The van der Waals surface area contributed by atoms with Crippen molar-refractivity contribution < 1.29 is 9.53 Å². The molecule has 2 rings (SSSR count). The van der Waals surface area contributed by atoms with E-state index in [1.807, 2.05) is 18.2 Å². The fourth-order valence-corrected chi connectivity index (χ4v) is 2.35. The van der Waals surface area contributed by atoms with Gasteiger partial charge in [-0.2, -0.15) is 0 Å². The first-order valence-corrected chi connectivity index (χ1v) is 6.09. The first kappa shape index (κ1) is 12.0. The molecule has 1 aromatic carbocycles. The van der Waals surface area contributed by atoms with Crippen molar-refractivity contribution in [3.05, 3.63) is 24.3 Å². The Bertz CT molecular complexity index is 393. The van der Waals surface area contributed by atoms with E-state index in [0.29, 0.717) is 11.8 Å². The van der Waals surface area contributed by atoms with Gasteiger partial charge in [-0.3, -0.25) is 4.79 Å². The molecule has 92 valence electrons. The van der Waals surface area contributed by atoms with Gasteiger partial charge in [-0.1, -0.05) is 6.07 Å². The second kappa shape index (κ2) is 5.21. The molecule has 0 heterocycles. The van der Waals surface area contributed by atoms with Gasteiger partial charge in [0.25, 0.3) is 0 Å². The summed E-state index contributed by atoms with van der Waals surface area (Å²) >= 11 is 0. The number of hydrogen-bond donors (Lipinski definition) is 0. The summed E-state index contributed by atoms with van der Waals surface area (Å²) in [7, 11) is 3.77. The van der Waals surface area contributed by atoms with Gasteiger partial charge < -0.3 is 9.64 Å². The van der Waals surface area contributed by atoms with Crippen LogP contribution in [-0.2, 0) is 4.79 Å². The van der Waals surface area contributed by atoms with Crippen LogP contribution in [0.25, 0.3) is 0 Å². The number of benzene rings is 1. The predicted octanol–water partition coefficient (Wildman–Crippen LogP) is 2.64. The van der Waals surface area contributed by atoms with E-state index in [2.05, 4.69) is 18.0 Å². The maximum Gasteiger partial charge on any atom is 0.133 e. The second-order valence-electron chi connectivity index (χ2n) is 4.58. The zero-order valence-corrected chi connectivity index (χ0v) is 10.5. The van der Waals surface area contributed by atoms with Crippen LogP contribution in [0, 0.1) is 0 Å². The third-order valence-corrected chi connectivity index (χ3v) is 3.52. The van der Waals surface area contributed by atoms with E-state index in [4.69, 9.17) is 4.74 Å². The molecule has 0 radical (unpaired) electrons. The lowest BCUT2D eigenvalue weighted by molar-refractivity contribution is -0.120. The molecule has 3 nitrogen and oxygen atoms in total. The van der Waals surface area contributed by atoms with Crippen LogP contribution >= 0.6 is 0 Å². The standard InChI is InChI=1S/C14H19NO2/c1-15(11-6-8-13(16)9-7-11)12-4-3-5-14(10-12)17-2/h3-5,10-11H,6-9H2,1-2H3. The number of Topliss-reactive ketones (excluding diaryl/α,β-unsaturated/α-hetero) is 1. The Morgan fingerprint density at radius 1 is 1.29 bits per heavy atom. The Morgan fingerprint density at radius 2 is 2.00 bits per heavy atom. The number of ether oxygens (including phenoxy) is 1. The zero-order valence-electron chi connectivity index (χ0n) is 10.5. The molecule has 1 aliphatic carbocycles. The van der Waals surface area contributed by atoms with E-state index in [9.17, 15) is 4.79 Å². The molecule has 1 saturated carbocycles. The maximum absolute atomic E-state index is 11.2. The molecule has 0 N–H and O–H groups in total. The lowest BCUT2D eigenvalue weighted by Gasteiger charge is -2.32. The fraction of sp³-hybridized carbons (Fsp3) is 0.500. The van der Waals surface area contributed by atoms with Gasteiger partial charge in [0.1, 0.15) is 11.5 Å². The van der Waals surface area contributed by atoms with E-state index in [1.165, 1.54) is 0 Å². The van der Waals surface area contributed by atoms with E-state index in [1.54, 1.807) is 7.11 Å². The van der Waals surface area contributed by atoms with Crippen LogP contribution in [0.5, 0.6) is 5.75 Å². The summed E-state index contributed by atoms with van der Waals surface area (Å²) in [6.07, 6.45) is 3.37. The topological polar surface area (TPSA) is 29.5 Å². The summed E-state index contributed by atoms with van der Waals surface area (Å²) in [5.74, 6) is 1.28.